The van der Waals surface area contributed by atoms with E-state index in [1.54, 1.807) is 14.2 Å². The first kappa shape index (κ1) is 23.5. The minimum Gasteiger partial charge on any atom is -0.493 e. The Labute approximate surface area is 224 Å². The summed E-state index contributed by atoms with van der Waals surface area (Å²) < 4.78 is 13.1. The summed E-state index contributed by atoms with van der Waals surface area (Å²) in [5.74, 6) is 2.26. The number of aryl methyl sites for hydroxylation is 2. The summed E-state index contributed by atoms with van der Waals surface area (Å²) >= 11 is 0. The molecule has 196 valence electrons. The monoisotopic (exact) mass is 509 g/mol. The maximum absolute atomic E-state index is 5.51. The Kier molecular flexibility index (Phi) is 5.41. The fraction of sp³-hybridized carbons (Fsp3) is 0.419. The lowest BCUT2D eigenvalue weighted by Gasteiger charge is -2.63. The zero-order chi connectivity index (χ0) is 26.0. The molecule has 0 N–H and O–H groups in total. The number of pyridine rings is 1. The molecule has 2 aliphatic heterocycles. The normalized spacial score (nSPS) is 18.8. The van der Waals surface area contributed by atoms with Crippen molar-refractivity contribution in [3.8, 4) is 34.1 Å². The first-order valence-corrected chi connectivity index (χ1v) is 13.6. The second-order valence-corrected chi connectivity index (χ2v) is 11.4. The third kappa shape index (κ3) is 3.67. The van der Waals surface area contributed by atoms with Crippen LogP contribution >= 0.6 is 0 Å². The lowest BCUT2D eigenvalue weighted by molar-refractivity contribution is -0.0689. The number of imidazole rings is 1. The van der Waals surface area contributed by atoms with Gasteiger partial charge in [-0.05, 0) is 56.2 Å². The molecule has 0 atom stereocenters. The van der Waals surface area contributed by atoms with Gasteiger partial charge in [-0.15, -0.1) is 0 Å². The summed E-state index contributed by atoms with van der Waals surface area (Å²) in [5, 5.41) is 0. The van der Waals surface area contributed by atoms with Crippen LogP contribution in [0.4, 0.5) is 5.69 Å². The van der Waals surface area contributed by atoms with Gasteiger partial charge in [-0.1, -0.05) is 18.6 Å². The van der Waals surface area contributed by atoms with E-state index in [1.807, 2.05) is 25.1 Å². The Morgan fingerprint density at radius 1 is 0.842 bits per heavy atom. The van der Waals surface area contributed by atoms with Crippen LogP contribution in [0.1, 0.15) is 25.0 Å². The molecule has 0 radical (unpaired) electrons. The number of anilines is 1. The van der Waals surface area contributed by atoms with Crippen LogP contribution in [0.5, 0.6) is 11.5 Å². The first-order valence-electron chi connectivity index (χ1n) is 13.6. The van der Waals surface area contributed by atoms with Crippen molar-refractivity contribution in [3.63, 3.8) is 0 Å². The zero-order valence-electron chi connectivity index (χ0n) is 22.7. The van der Waals surface area contributed by atoms with E-state index in [4.69, 9.17) is 19.4 Å². The highest BCUT2D eigenvalue weighted by Crippen LogP contribution is 2.45. The van der Waals surface area contributed by atoms with Gasteiger partial charge in [-0.25, -0.2) is 4.98 Å². The minimum atomic E-state index is 0.545. The van der Waals surface area contributed by atoms with Gasteiger partial charge < -0.3 is 18.9 Å². The number of nitrogens with zero attached hydrogens (tertiary/aromatic N) is 5. The number of rotatable bonds is 6. The van der Waals surface area contributed by atoms with E-state index in [-0.39, 0.29) is 0 Å². The Balaban J connectivity index is 1.11. The fourth-order valence-electron chi connectivity index (χ4n) is 6.53. The van der Waals surface area contributed by atoms with Crippen LogP contribution in [0, 0.1) is 12.3 Å². The summed E-state index contributed by atoms with van der Waals surface area (Å²) in [6, 6.07) is 17.9. The maximum atomic E-state index is 5.51. The van der Waals surface area contributed by atoms with Crippen molar-refractivity contribution in [2.24, 2.45) is 12.5 Å². The molecule has 0 bridgehead atoms. The van der Waals surface area contributed by atoms with Crippen molar-refractivity contribution >= 4 is 16.7 Å². The molecule has 0 unspecified atom stereocenters. The number of fused-ring (bicyclic) bond motifs is 1. The van der Waals surface area contributed by atoms with E-state index in [9.17, 15) is 0 Å². The van der Waals surface area contributed by atoms with Crippen molar-refractivity contribution in [3.05, 3.63) is 54.2 Å². The zero-order valence-corrected chi connectivity index (χ0v) is 22.7. The van der Waals surface area contributed by atoms with E-state index in [0.717, 1.165) is 45.4 Å². The molecule has 1 spiro atoms. The smallest absolute Gasteiger partial charge is 0.161 e. The van der Waals surface area contributed by atoms with E-state index < -0.39 is 0 Å². The van der Waals surface area contributed by atoms with E-state index in [0.29, 0.717) is 16.9 Å². The van der Waals surface area contributed by atoms with Crippen molar-refractivity contribution in [2.45, 2.75) is 32.2 Å². The summed E-state index contributed by atoms with van der Waals surface area (Å²) in [7, 11) is 5.35. The number of aromatic nitrogens is 3. The number of likely N-dealkylation sites (tertiary alicyclic amines) is 1. The van der Waals surface area contributed by atoms with Crippen LogP contribution in [0.3, 0.4) is 0 Å². The minimum absolute atomic E-state index is 0.545. The molecular formula is C31H35N5O2. The van der Waals surface area contributed by atoms with Crippen LogP contribution in [0.15, 0.2) is 48.5 Å². The van der Waals surface area contributed by atoms with Crippen molar-refractivity contribution in [2.75, 3.05) is 45.3 Å². The summed E-state index contributed by atoms with van der Waals surface area (Å²) in [4.78, 5) is 15.1. The molecule has 7 rings (SSSR count). The Hall–Kier alpha value is -3.58. The molecule has 38 heavy (non-hydrogen) atoms. The topological polar surface area (TPSA) is 55.7 Å². The van der Waals surface area contributed by atoms with Crippen LogP contribution in [-0.4, -0.2) is 65.9 Å². The molecule has 2 aromatic heterocycles. The lowest BCUT2D eigenvalue weighted by Crippen LogP contribution is -2.74. The van der Waals surface area contributed by atoms with Gasteiger partial charge in [-0.2, -0.15) is 0 Å². The molecule has 1 aliphatic carbocycles. The number of methoxy groups -OCH3 is 2. The number of hydrogen-bond donors (Lipinski definition) is 0. The maximum Gasteiger partial charge on any atom is 0.161 e. The van der Waals surface area contributed by atoms with Gasteiger partial charge in [0, 0.05) is 61.5 Å². The molecule has 0 amide bonds. The Morgan fingerprint density at radius 3 is 2.21 bits per heavy atom. The molecule has 2 aromatic carbocycles. The average Bonchev–Trinajstić information content (AvgIpc) is 3.20. The third-order valence-corrected chi connectivity index (χ3v) is 8.93. The fourth-order valence-corrected chi connectivity index (χ4v) is 6.53. The third-order valence-electron chi connectivity index (χ3n) is 8.93. The summed E-state index contributed by atoms with van der Waals surface area (Å²) in [6.07, 6.45) is 4.25. The van der Waals surface area contributed by atoms with Crippen molar-refractivity contribution in [1.82, 2.24) is 19.4 Å². The molecule has 3 fully saturated rings. The Morgan fingerprint density at radius 2 is 1.55 bits per heavy atom. The van der Waals surface area contributed by atoms with Crippen LogP contribution in [0.2, 0.25) is 0 Å². The predicted molar refractivity (Wildman–Crippen MR) is 151 cm³/mol. The second kappa shape index (κ2) is 8.73. The largest absolute Gasteiger partial charge is 0.493 e. The number of benzene rings is 2. The molecule has 7 nitrogen and oxygen atoms in total. The highest BCUT2D eigenvalue weighted by molar-refractivity contribution is 5.86. The number of ether oxygens (including phenoxy) is 2. The van der Waals surface area contributed by atoms with Gasteiger partial charge in [0.05, 0.1) is 31.1 Å². The van der Waals surface area contributed by atoms with Gasteiger partial charge in [0.1, 0.15) is 11.3 Å². The molecular weight excluding hydrogens is 474 g/mol. The SMILES string of the molecule is COc1ccc(-c2nc3c(C)nc(-c4ccc(N5CC6(C5)CN(C5CCC5)C6)cc4)cc3n2C)cc1OC. The van der Waals surface area contributed by atoms with Gasteiger partial charge in [0.2, 0.25) is 0 Å². The van der Waals surface area contributed by atoms with Gasteiger partial charge in [-0.3, -0.25) is 9.88 Å². The first-order chi connectivity index (χ1) is 18.5. The lowest BCUT2D eigenvalue weighted by atomic mass is 9.70. The summed E-state index contributed by atoms with van der Waals surface area (Å²) in [5.41, 5.74) is 7.84. The van der Waals surface area contributed by atoms with Crippen LogP contribution < -0.4 is 14.4 Å². The van der Waals surface area contributed by atoms with Crippen LogP contribution in [0.25, 0.3) is 33.7 Å². The van der Waals surface area contributed by atoms with E-state index in [2.05, 4.69) is 51.7 Å². The molecule has 7 heteroatoms. The standard InChI is InChI=1S/C31H35N5O2/c1-20-29-26(34(2)30(33-29)22-10-13-27(37-3)28(14-22)38-4)15-25(32-20)21-8-11-24(12-9-21)36-18-31(19-36)16-35(17-31)23-6-5-7-23/h8-15,23H,5-7,16-19H2,1-4H3. The molecule has 3 aliphatic rings. The van der Waals surface area contributed by atoms with Gasteiger partial charge in [0.15, 0.2) is 11.5 Å². The highest BCUT2D eigenvalue weighted by Gasteiger charge is 2.53. The summed E-state index contributed by atoms with van der Waals surface area (Å²) in [6.45, 7) is 7.01. The van der Waals surface area contributed by atoms with E-state index >= 15 is 0 Å². The van der Waals surface area contributed by atoms with Gasteiger partial charge >= 0.3 is 0 Å². The van der Waals surface area contributed by atoms with Crippen molar-refractivity contribution < 1.29 is 9.47 Å². The van der Waals surface area contributed by atoms with E-state index in [1.165, 1.54) is 51.1 Å². The average molecular weight is 510 g/mol. The molecule has 4 aromatic rings. The number of hydrogen-bond acceptors (Lipinski definition) is 6. The van der Waals surface area contributed by atoms with Crippen molar-refractivity contribution in [1.29, 1.82) is 0 Å². The highest BCUT2D eigenvalue weighted by atomic mass is 16.5. The molecule has 2 saturated heterocycles. The molecule has 1 saturated carbocycles. The Bertz CT molecular complexity index is 1510. The van der Waals surface area contributed by atoms with Crippen LogP contribution in [-0.2, 0) is 7.05 Å². The quantitative estimate of drug-likeness (QED) is 0.352. The predicted octanol–water partition coefficient (Wildman–Crippen LogP) is 5.30. The molecule has 4 heterocycles. The second-order valence-electron chi connectivity index (χ2n) is 11.4. The van der Waals surface area contributed by atoms with Gasteiger partial charge in [0.25, 0.3) is 0 Å².